The standard InChI is InChI=1S/C17H24N2O2/c1-3-7-13(2)16(12-20)18-11-15-10-17(21-19-15)14-8-5-4-6-9-14/h4-6,8-10,13,16,18,20H,3,7,11-12H2,1-2H3. The zero-order valence-corrected chi connectivity index (χ0v) is 12.7. The van der Waals surface area contributed by atoms with E-state index in [1.807, 2.05) is 36.4 Å². The second kappa shape index (κ2) is 7.96. The van der Waals surface area contributed by atoms with Gasteiger partial charge in [-0.25, -0.2) is 0 Å². The Morgan fingerprint density at radius 2 is 2.05 bits per heavy atom. The summed E-state index contributed by atoms with van der Waals surface area (Å²) < 4.78 is 5.37. The molecule has 2 N–H and O–H groups in total. The summed E-state index contributed by atoms with van der Waals surface area (Å²) in [6.07, 6.45) is 2.23. The molecule has 2 rings (SSSR count). The Balaban J connectivity index is 1.93. The van der Waals surface area contributed by atoms with Crippen LogP contribution in [0.1, 0.15) is 32.4 Å². The average Bonchev–Trinajstić information content (AvgIpc) is 2.98. The first-order valence-corrected chi connectivity index (χ1v) is 7.59. The highest BCUT2D eigenvalue weighted by atomic mass is 16.5. The van der Waals surface area contributed by atoms with Crippen LogP contribution in [0, 0.1) is 5.92 Å². The monoisotopic (exact) mass is 288 g/mol. The highest BCUT2D eigenvalue weighted by Crippen LogP contribution is 2.20. The summed E-state index contributed by atoms with van der Waals surface area (Å²) in [7, 11) is 0. The van der Waals surface area contributed by atoms with E-state index < -0.39 is 0 Å². The van der Waals surface area contributed by atoms with Crippen LogP contribution in [0.3, 0.4) is 0 Å². The van der Waals surface area contributed by atoms with Crippen LogP contribution in [0.2, 0.25) is 0 Å². The quantitative estimate of drug-likeness (QED) is 0.783. The molecule has 0 spiro atoms. The molecule has 0 saturated carbocycles. The number of hydrogen-bond donors (Lipinski definition) is 2. The molecule has 0 aliphatic carbocycles. The molecule has 2 aromatic rings. The highest BCUT2D eigenvalue weighted by molar-refractivity contribution is 5.56. The van der Waals surface area contributed by atoms with Gasteiger partial charge in [-0.1, -0.05) is 55.8 Å². The van der Waals surface area contributed by atoms with Gasteiger partial charge in [0.1, 0.15) is 0 Å². The molecule has 0 saturated heterocycles. The Hall–Kier alpha value is -1.65. The van der Waals surface area contributed by atoms with Crippen LogP contribution in [0.15, 0.2) is 40.9 Å². The Bertz CT molecular complexity index is 525. The second-order valence-corrected chi connectivity index (χ2v) is 5.48. The van der Waals surface area contributed by atoms with Crippen molar-refractivity contribution in [3.63, 3.8) is 0 Å². The summed E-state index contributed by atoms with van der Waals surface area (Å²) in [5.41, 5.74) is 1.88. The van der Waals surface area contributed by atoms with Crippen molar-refractivity contribution in [1.29, 1.82) is 0 Å². The van der Waals surface area contributed by atoms with Gasteiger partial charge in [0.05, 0.1) is 12.3 Å². The van der Waals surface area contributed by atoms with Gasteiger partial charge in [0, 0.05) is 24.2 Å². The van der Waals surface area contributed by atoms with Crippen LogP contribution in [0.25, 0.3) is 11.3 Å². The molecule has 4 heteroatoms. The number of nitrogens with one attached hydrogen (secondary N) is 1. The maximum atomic E-state index is 9.48. The van der Waals surface area contributed by atoms with Crippen molar-refractivity contribution in [2.24, 2.45) is 5.92 Å². The van der Waals surface area contributed by atoms with Crippen LogP contribution in [0.5, 0.6) is 0 Å². The van der Waals surface area contributed by atoms with E-state index in [0.717, 1.165) is 29.9 Å². The summed E-state index contributed by atoms with van der Waals surface area (Å²) in [6, 6.07) is 12.0. The normalized spacial score (nSPS) is 14.0. The third-order valence-electron chi connectivity index (χ3n) is 3.79. The van der Waals surface area contributed by atoms with Gasteiger partial charge in [-0.05, 0) is 12.3 Å². The molecule has 0 amide bonds. The minimum absolute atomic E-state index is 0.0989. The molecule has 2 unspecified atom stereocenters. The van der Waals surface area contributed by atoms with Crippen LogP contribution in [-0.2, 0) is 6.54 Å². The van der Waals surface area contributed by atoms with Gasteiger partial charge in [-0.3, -0.25) is 0 Å². The molecule has 1 heterocycles. The first kappa shape index (κ1) is 15.7. The number of nitrogens with zero attached hydrogens (tertiary/aromatic N) is 1. The van der Waals surface area contributed by atoms with Gasteiger partial charge in [0.2, 0.25) is 0 Å². The van der Waals surface area contributed by atoms with Crippen LogP contribution >= 0.6 is 0 Å². The zero-order valence-electron chi connectivity index (χ0n) is 12.7. The first-order valence-electron chi connectivity index (χ1n) is 7.59. The molecule has 21 heavy (non-hydrogen) atoms. The number of benzene rings is 1. The Morgan fingerprint density at radius 3 is 2.71 bits per heavy atom. The van der Waals surface area contributed by atoms with Crippen molar-refractivity contribution in [1.82, 2.24) is 10.5 Å². The van der Waals surface area contributed by atoms with E-state index in [1.165, 1.54) is 0 Å². The molecule has 2 atom stereocenters. The lowest BCUT2D eigenvalue weighted by Crippen LogP contribution is -2.37. The molecule has 0 fully saturated rings. The third kappa shape index (κ3) is 4.41. The fraction of sp³-hybridized carbons (Fsp3) is 0.471. The summed E-state index contributed by atoms with van der Waals surface area (Å²) in [6.45, 7) is 5.07. The third-order valence-corrected chi connectivity index (χ3v) is 3.79. The van der Waals surface area contributed by atoms with E-state index in [4.69, 9.17) is 4.52 Å². The second-order valence-electron chi connectivity index (χ2n) is 5.48. The van der Waals surface area contributed by atoms with E-state index in [1.54, 1.807) is 0 Å². The van der Waals surface area contributed by atoms with Crippen LogP contribution < -0.4 is 5.32 Å². The molecule has 0 bridgehead atoms. The predicted octanol–water partition coefficient (Wildman–Crippen LogP) is 3.23. The first-order chi connectivity index (χ1) is 10.2. The highest BCUT2D eigenvalue weighted by Gasteiger charge is 2.16. The fourth-order valence-corrected chi connectivity index (χ4v) is 2.47. The lowest BCUT2D eigenvalue weighted by Gasteiger charge is -2.22. The lowest BCUT2D eigenvalue weighted by atomic mass is 9.97. The van der Waals surface area contributed by atoms with E-state index in [2.05, 4.69) is 24.3 Å². The SMILES string of the molecule is CCCC(C)C(CO)NCc1cc(-c2ccccc2)on1. The minimum atomic E-state index is 0.0989. The summed E-state index contributed by atoms with van der Waals surface area (Å²) in [4.78, 5) is 0. The molecule has 1 aromatic carbocycles. The van der Waals surface area contributed by atoms with E-state index in [-0.39, 0.29) is 12.6 Å². The molecule has 0 radical (unpaired) electrons. The number of aliphatic hydroxyl groups is 1. The Morgan fingerprint density at radius 1 is 1.29 bits per heavy atom. The summed E-state index contributed by atoms with van der Waals surface area (Å²) in [5.74, 6) is 1.22. The van der Waals surface area contributed by atoms with E-state index in [0.29, 0.717) is 12.5 Å². The molecule has 114 valence electrons. The maximum absolute atomic E-state index is 9.48. The van der Waals surface area contributed by atoms with Gasteiger partial charge < -0.3 is 14.9 Å². The van der Waals surface area contributed by atoms with Gasteiger partial charge in [-0.2, -0.15) is 0 Å². The molecule has 1 aromatic heterocycles. The number of hydrogen-bond acceptors (Lipinski definition) is 4. The van der Waals surface area contributed by atoms with Crippen molar-refractivity contribution >= 4 is 0 Å². The van der Waals surface area contributed by atoms with Crippen molar-refractivity contribution < 1.29 is 9.63 Å². The topological polar surface area (TPSA) is 58.3 Å². The van der Waals surface area contributed by atoms with Crippen molar-refractivity contribution in [3.05, 3.63) is 42.1 Å². The average molecular weight is 288 g/mol. The number of aromatic nitrogens is 1. The van der Waals surface area contributed by atoms with E-state index >= 15 is 0 Å². The summed E-state index contributed by atoms with van der Waals surface area (Å²) in [5, 5.41) is 16.9. The maximum Gasteiger partial charge on any atom is 0.167 e. The van der Waals surface area contributed by atoms with Gasteiger partial charge in [0.25, 0.3) is 0 Å². The number of aliphatic hydroxyl groups excluding tert-OH is 1. The van der Waals surface area contributed by atoms with Gasteiger partial charge in [0.15, 0.2) is 5.76 Å². The predicted molar refractivity (Wildman–Crippen MR) is 83.7 cm³/mol. The number of rotatable bonds is 8. The van der Waals surface area contributed by atoms with Crippen molar-refractivity contribution in [3.8, 4) is 11.3 Å². The van der Waals surface area contributed by atoms with Crippen molar-refractivity contribution in [2.45, 2.75) is 39.3 Å². The van der Waals surface area contributed by atoms with Gasteiger partial charge >= 0.3 is 0 Å². The molecule has 0 aliphatic rings. The smallest absolute Gasteiger partial charge is 0.167 e. The minimum Gasteiger partial charge on any atom is -0.395 e. The summed E-state index contributed by atoms with van der Waals surface area (Å²) >= 11 is 0. The van der Waals surface area contributed by atoms with E-state index in [9.17, 15) is 5.11 Å². The Kier molecular flexibility index (Phi) is 5.96. The zero-order chi connectivity index (χ0) is 15.1. The molecule has 4 nitrogen and oxygen atoms in total. The fourth-order valence-electron chi connectivity index (χ4n) is 2.47. The van der Waals surface area contributed by atoms with Gasteiger partial charge in [-0.15, -0.1) is 0 Å². The largest absolute Gasteiger partial charge is 0.395 e. The molecule has 0 aliphatic heterocycles. The van der Waals surface area contributed by atoms with Crippen LogP contribution in [0.4, 0.5) is 0 Å². The Labute approximate surface area is 126 Å². The molecular formula is C17H24N2O2. The van der Waals surface area contributed by atoms with Crippen LogP contribution in [-0.4, -0.2) is 22.9 Å². The lowest BCUT2D eigenvalue weighted by molar-refractivity contribution is 0.197. The molecular weight excluding hydrogens is 264 g/mol. The van der Waals surface area contributed by atoms with Crippen molar-refractivity contribution in [2.75, 3.05) is 6.61 Å².